The van der Waals surface area contributed by atoms with Crippen LogP contribution in [0.15, 0.2) is 42.0 Å². The molecule has 104 valence electrons. The smallest absolute Gasteiger partial charge is 0.0594 e. The molecule has 0 unspecified atom stereocenters. The Balaban J connectivity index is 1.85. The lowest BCUT2D eigenvalue weighted by Gasteiger charge is -2.28. The standard InChI is InChI=1S/C17H25NO/c1-17(2,19)11-10-16-9-6-12-18(14-16)13-15-7-4-3-5-8-15/h3-5,7-9,19H,6,10-14H2,1-2H3. The SMILES string of the molecule is CC(C)(O)CCC1=CCCN(Cc2ccccc2)C1. The fourth-order valence-electron chi connectivity index (χ4n) is 2.51. The van der Waals surface area contributed by atoms with Crippen LogP contribution in [0.25, 0.3) is 0 Å². The number of rotatable bonds is 5. The zero-order valence-corrected chi connectivity index (χ0v) is 12.1. The zero-order chi connectivity index (χ0) is 13.7. The van der Waals surface area contributed by atoms with Crippen molar-refractivity contribution < 1.29 is 5.11 Å². The first kappa shape index (κ1) is 14.3. The maximum Gasteiger partial charge on any atom is 0.0594 e. The molecule has 2 rings (SSSR count). The van der Waals surface area contributed by atoms with Crippen molar-refractivity contribution >= 4 is 0 Å². The van der Waals surface area contributed by atoms with Crippen LogP contribution in [0.2, 0.25) is 0 Å². The first-order valence-electron chi connectivity index (χ1n) is 7.19. The van der Waals surface area contributed by atoms with E-state index >= 15 is 0 Å². The maximum atomic E-state index is 9.81. The molecule has 0 bridgehead atoms. The number of benzene rings is 1. The van der Waals surface area contributed by atoms with Gasteiger partial charge in [0.1, 0.15) is 0 Å². The van der Waals surface area contributed by atoms with Gasteiger partial charge in [-0.2, -0.15) is 0 Å². The number of aliphatic hydroxyl groups is 1. The lowest BCUT2D eigenvalue weighted by atomic mass is 9.96. The molecule has 0 atom stereocenters. The summed E-state index contributed by atoms with van der Waals surface area (Å²) < 4.78 is 0. The Hall–Kier alpha value is -1.12. The van der Waals surface area contributed by atoms with Crippen molar-refractivity contribution in [2.24, 2.45) is 0 Å². The third kappa shape index (κ3) is 5.17. The predicted octanol–water partition coefficient (Wildman–Crippen LogP) is 3.37. The molecule has 1 heterocycles. The second kappa shape index (κ2) is 6.36. The normalized spacial score (nSPS) is 17.3. The van der Waals surface area contributed by atoms with E-state index < -0.39 is 5.60 Å². The Morgan fingerprint density at radius 3 is 2.63 bits per heavy atom. The summed E-state index contributed by atoms with van der Waals surface area (Å²) in [5, 5.41) is 9.81. The van der Waals surface area contributed by atoms with Gasteiger partial charge in [-0.15, -0.1) is 0 Å². The Morgan fingerprint density at radius 2 is 1.95 bits per heavy atom. The molecule has 19 heavy (non-hydrogen) atoms. The van der Waals surface area contributed by atoms with Crippen LogP contribution in [0, 0.1) is 0 Å². The third-order valence-corrected chi connectivity index (χ3v) is 3.61. The van der Waals surface area contributed by atoms with Gasteiger partial charge < -0.3 is 5.11 Å². The van der Waals surface area contributed by atoms with Gasteiger partial charge in [-0.1, -0.05) is 42.0 Å². The molecule has 1 aromatic rings. The molecule has 0 fully saturated rings. The minimum absolute atomic E-state index is 0.553. The van der Waals surface area contributed by atoms with Gasteiger partial charge in [-0.05, 0) is 38.7 Å². The van der Waals surface area contributed by atoms with Crippen molar-refractivity contribution in [3.8, 4) is 0 Å². The lowest BCUT2D eigenvalue weighted by Crippen LogP contribution is -2.30. The fraction of sp³-hybridized carbons (Fsp3) is 0.529. The van der Waals surface area contributed by atoms with E-state index in [2.05, 4.69) is 41.3 Å². The highest BCUT2D eigenvalue weighted by molar-refractivity contribution is 5.16. The van der Waals surface area contributed by atoms with E-state index in [1.54, 1.807) is 0 Å². The van der Waals surface area contributed by atoms with Gasteiger partial charge in [0.15, 0.2) is 0 Å². The van der Waals surface area contributed by atoms with Crippen LogP contribution in [-0.2, 0) is 6.54 Å². The topological polar surface area (TPSA) is 23.5 Å². The van der Waals surface area contributed by atoms with Crippen LogP contribution in [0.1, 0.15) is 38.7 Å². The Kier molecular flexibility index (Phi) is 4.78. The first-order chi connectivity index (χ1) is 9.03. The highest BCUT2D eigenvalue weighted by Gasteiger charge is 2.17. The third-order valence-electron chi connectivity index (χ3n) is 3.61. The van der Waals surface area contributed by atoms with Gasteiger partial charge >= 0.3 is 0 Å². The number of nitrogens with zero attached hydrogens (tertiary/aromatic N) is 1. The van der Waals surface area contributed by atoms with Crippen LogP contribution in [0.3, 0.4) is 0 Å². The molecular weight excluding hydrogens is 234 g/mol. The minimum atomic E-state index is -0.553. The Labute approximate surface area is 116 Å². The van der Waals surface area contributed by atoms with Gasteiger partial charge in [0.05, 0.1) is 5.60 Å². The summed E-state index contributed by atoms with van der Waals surface area (Å²) in [6.07, 6.45) is 5.34. The van der Waals surface area contributed by atoms with E-state index in [-0.39, 0.29) is 0 Å². The van der Waals surface area contributed by atoms with Gasteiger partial charge in [-0.3, -0.25) is 4.90 Å². The average molecular weight is 259 g/mol. The molecule has 1 N–H and O–H groups in total. The fourth-order valence-corrected chi connectivity index (χ4v) is 2.51. The molecule has 0 saturated carbocycles. The second-order valence-electron chi connectivity index (χ2n) is 6.16. The first-order valence-corrected chi connectivity index (χ1v) is 7.19. The van der Waals surface area contributed by atoms with E-state index in [1.807, 2.05) is 13.8 Å². The van der Waals surface area contributed by atoms with E-state index in [9.17, 15) is 5.11 Å². The van der Waals surface area contributed by atoms with Crippen molar-refractivity contribution in [3.63, 3.8) is 0 Å². The number of hydrogen-bond donors (Lipinski definition) is 1. The van der Waals surface area contributed by atoms with E-state index in [4.69, 9.17) is 0 Å². The summed E-state index contributed by atoms with van der Waals surface area (Å²) in [5.41, 5.74) is 2.30. The van der Waals surface area contributed by atoms with Crippen molar-refractivity contribution in [1.29, 1.82) is 0 Å². The maximum absolute atomic E-state index is 9.81. The highest BCUT2D eigenvalue weighted by atomic mass is 16.3. The molecular formula is C17H25NO. The molecule has 0 saturated heterocycles. The zero-order valence-electron chi connectivity index (χ0n) is 12.1. The highest BCUT2D eigenvalue weighted by Crippen LogP contribution is 2.20. The molecule has 2 heteroatoms. The van der Waals surface area contributed by atoms with Crippen molar-refractivity contribution in [2.45, 2.75) is 45.3 Å². The van der Waals surface area contributed by atoms with Crippen LogP contribution in [-0.4, -0.2) is 28.7 Å². The Bertz CT molecular complexity index is 417. The molecule has 1 aliphatic heterocycles. The monoisotopic (exact) mass is 259 g/mol. The molecule has 0 radical (unpaired) electrons. The Morgan fingerprint density at radius 1 is 1.21 bits per heavy atom. The summed E-state index contributed by atoms with van der Waals surface area (Å²) in [6, 6.07) is 10.6. The molecule has 0 amide bonds. The number of hydrogen-bond acceptors (Lipinski definition) is 2. The average Bonchev–Trinajstić information content (AvgIpc) is 2.37. The minimum Gasteiger partial charge on any atom is -0.390 e. The molecule has 1 aliphatic rings. The van der Waals surface area contributed by atoms with Crippen LogP contribution in [0.5, 0.6) is 0 Å². The van der Waals surface area contributed by atoms with Crippen molar-refractivity contribution in [1.82, 2.24) is 4.90 Å². The van der Waals surface area contributed by atoms with E-state index in [0.29, 0.717) is 0 Å². The quantitative estimate of drug-likeness (QED) is 0.820. The van der Waals surface area contributed by atoms with Gasteiger partial charge in [0, 0.05) is 19.6 Å². The summed E-state index contributed by atoms with van der Waals surface area (Å²) >= 11 is 0. The molecule has 0 aromatic heterocycles. The molecule has 0 spiro atoms. The van der Waals surface area contributed by atoms with Crippen molar-refractivity contribution in [3.05, 3.63) is 47.5 Å². The molecule has 0 aliphatic carbocycles. The van der Waals surface area contributed by atoms with Crippen LogP contribution >= 0.6 is 0 Å². The van der Waals surface area contributed by atoms with Gasteiger partial charge in [0.25, 0.3) is 0 Å². The van der Waals surface area contributed by atoms with Crippen LogP contribution in [0.4, 0.5) is 0 Å². The van der Waals surface area contributed by atoms with E-state index in [0.717, 1.165) is 38.9 Å². The van der Waals surface area contributed by atoms with Crippen molar-refractivity contribution in [2.75, 3.05) is 13.1 Å². The van der Waals surface area contributed by atoms with Gasteiger partial charge in [-0.25, -0.2) is 0 Å². The summed E-state index contributed by atoms with van der Waals surface area (Å²) in [6.45, 7) is 6.99. The van der Waals surface area contributed by atoms with Gasteiger partial charge in [0.2, 0.25) is 0 Å². The summed E-state index contributed by atoms with van der Waals surface area (Å²) in [4.78, 5) is 2.50. The lowest BCUT2D eigenvalue weighted by molar-refractivity contribution is 0.0705. The summed E-state index contributed by atoms with van der Waals surface area (Å²) in [5.74, 6) is 0. The second-order valence-corrected chi connectivity index (χ2v) is 6.16. The molecule has 2 nitrogen and oxygen atoms in total. The summed E-state index contributed by atoms with van der Waals surface area (Å²) in [7, 11) is 0. The molecule has 1 aromatic carbocycles. The van der Waals surface area contributed by atoms with Crippen LogP contribution < -0.4 is 0 Å². The largest absolute Gasteiger partial charge is 0.390 e. The van der Waals surface area contributed by atoms with E-state index in [1.165, 1.54) is 11.1 Å². The predicted molar refractivity (Wildman–Crippen MR) is 80.0 cm³/mol.